The molecule has 0 saturated carbocycles. The van der Waals surface area contributed by atoms with Crippen LogP contribution in [0.2, 0.25) is 0 Å². The molecule has 0 radical (unpaired) electrons. The molecule has 2 aromatic heterocycles. The van der Waals surface area contributed by atoms with Gasteiger partial charge in [-0.3, -0.25) is 4.57 Å². The zero-order valence-electron chi connectivity index (χ0n) is 35.0. The molecule has 0 saturated heterocycles. The van der Waals surface area contributed by atoms with E-state index < -0.39 is 0 Å². The molecule has 0 amide bonds. The first-order valence-electron chi connectivity index (χ1n) is 20.3. The Labute approximate surface area is 337 Å². The van der Waals surface area contributed by atoms with Gasteiger partial charge in [-0.1, -0.05) is 122 Å². The van der Waals surface area contributed by atoms with Crippen molar-refractivity contribution < 1.29 is 9.47 Å². The van der Waals surface area contributed by atoms with Crippen molar-refractivity contribution in [2.75, 3.05) is 6.61 Å². The number of aromatic nitrogens is 2. The van der Waals surface area contributed by atoms with E-state index in [0.717, 1.165) is 45.1 Å². The van der Waals surface area contributed by atoms with Crippen molar-refractivity contribution in [3.05, 3.63) is 165 Å². The maximum Gasteiger partial charge on any atom is 0.216 e. The van der Waals surface area contributed by atoms with E-state index in [-0.39, 0.29) is 28.2 Å². The summed E-state index contributed by atoms with van der Waals surface area (Å²) in [6, 6.07) is 39.4. The van der Waals surface area contributed by atoms with Crippen molar-refractivity contribution in [1.82, 2.24) is 9.55 Å². The second-order valence-corrected chi connectivity index (χ2v) is 18.9. The van der Waals surface area contributed by atoms with Gasteiger partial charge in [-0.15, -0.1) is 0 Å². The molecule has 0 aliphatic carbocycles. The highest BCUT2D eigenvalue weighted by molar-refractivity contribution is 6.11. The second kappa shape index (κ2) is 13.2. The van der Waals surface area contributed by atoms with E-state index in [1.165, 1.54) is 44.1 Å². The summed E-state index contributed by atoms with van der Waals surface area (Å²) in [6.07, 6.45) is 1.99. The van der Waals surface area contributed by atoms with Crippen molar-refractivity contribution >= 4 is 27.8 Å². The number of rotatable bonds is 6. The predicted molar refractivity (Wildman–Crippen MR) is 235 cm³/mol. The second-order valence-electron chi connectivity index (χ2n) is 18.9. The van der Waals surface area contributed by atoms with Gasteiger partial charge in [-0.05, 0) is 106 Å². The zero-order valence-corrected chi connectivity index (χ0v) is 35.0. The topological polar surface area (TPSA) is 48.6 Å². The van der Waals surface area contributed by atoms with E-state index in [2.05, 4.69) is 183 Å². The quantitative estimate of drug-likeness (QED) is 0.170. The summed E-state index contributed by atoms with van der Waals surface area (Å²) < 4.78 is 15.9. The molecule has 57 heavy (non-hydrogen) atoms. The first kappa shape index (κ1) is 36.9. The molecule has 4 heterocycles. The van der Waals surface area contributed by atoms with Crippen molar-refractivity contribution in [3.8, 4) is 17.2 Å². The Morgan fingerprint density at radius 1 is 0.737 bits per heavy atom. The molecule has 9 rings (SSSR count). The van der Waals surface area contributed by atoms with Crippen LogP contribution in [0, 0.1) is 13.8 Å². The highest BCUT2D eigenvalue weighted by atomic mass is 16.5. The Balaban J connectivity index is 1.16. The fourth-order valence-corrected chi connectivity index (χ4v) is 8.90. The van der Waals surface area contributed by atoms with Crippen LogP contribution in [0.5, 0.6) is 11.5 Å². The lowest BCUT2D eigenvalue weighted by Crippen LogP contribution is -2.27. The van der Waals surface area contributed by atoms with Crippen LogP contribution in [0.25, 0.3) is 27.6 Å². The van der Waals surface area contributed by atoms with Crippen molar-refractivity contribution in [3.63, 3.8) is 0 Å². The minimum absolute atomic E-state index is 0.00228. The molecule has 2 aliphatic heterocycles. The van der Waals surface area contributed by atoms with Gasteiger partial charge in [0.1, 0.15) is 23.8 Å². The monoisotopic (exact) mass is 751 g/mol. The number of hydrogen-bond acceptors (Lipinski definition) is 4. The molecule has 0 bridgehead atoms. The average Bonchev–Trinajstić information content (AvgIpc) is 3.78. The van der Waals surface area contributed by atoms with E-state index in [9.17, 15) is 0 Å². The van der Waals surface area contributed by atoms with Gasteiger partial charge in [-0.25, -0.2) is 9.98 Å². The highest BCUT2D eigenvalue weighted by Crippen LogP contribution is 2.50. The van der Waals surface area contributed by atoms with E-state index in [4.69, 9.17) is 19.5 Å². The van der Waals surface area contributed by atoms with Gasteiger partial charge in [-0.2, -0.15) is 0 Å². The Hall–Kier alpha value is -5.68. The smallest absolute Gasteiger partial charge is 0.216 e. The maximum absolute atomic E-state index is 7.00. The molecule has 2 aliphatic rings. The third kappa shape index (κ3) is 6.32. The van der Waals surface area contributed by atoms with Crippen LogP contribution in [-0.2, 0) is 21.0 Å². The summed E-state index contributed by atoms with van der Waals surface area (Å²) in [7, 11) is 0. The molecule has 288 valence electrons. The molecule has 7 aromatic rings. The minimum Gasteiger partial charge on any atom is -0.475 e. The molecule has 5 heteroatoms. The number of ether oxygens (including phenoxy) is 2. The first-order valence-corrected chi connectivity index (χ1v) is 20.3. The van der Waals surface area contributed by atoms with Gasteiger partial charge in [0, 0.05) is 39.9 Å². The summed E-state index contributed by atoms with van der Waals surface area (Å²) in [5.41, 5.74) is 13.7. The molecular formula is C52H53N3O2. The molecule has 0 N–H and O–H groups in total. The summed E-state index contributed by atoms with van der Waals surface area (Å²) in [4.78, 5) is 10.4. The lowest BCUT2D eigenvalue weighted by atomic mass is 9.72. The zero-order chi connectivity index (χ0) is 40.0. The van der Waals surface area contributed by atoms with Crippen molar-refractivity contribution in [1.29, 1.82) is 0 Å². The van der Waals surface area contributed by atoms with Gasteiger partial charge < -0.3 is 9.47 Å². The number of aliphatic imine (C=N–C) groups is 1. The largest absolute Gasteiger partial charge is 0.475 e. The minimum atomic E-state index is -0.247. The molecule has 5 nitrogen and oxygen atoms in total. The molecule has 1 atom stereocenters. The lowest BCUT2D eigenvalue weighted by molar-refractivity contribution is 0.308. The fraction of sp³-hybridized carbons (Fsp3) is 0.308. The summed E-state index contributed by atoms with van der Waals surface area (Å²) >= 11 is 0. The number of fused-ring (bicyclic) bond motifs is 5. The van der Waals surface area contributed by atoms with Crippen LogP contribution in [-0.4, -0.2) is 28.1 Å². The molecule has 0 spiro atoms. The van der Waals surface area contributed by atoms with Crippen molar-refractivity contribution in [2.24, 2.45) is 4.99 Å². The van der Waals surface area contributed by atoms with Gasteiger partial charge >= 0.3 is 0 Å². The van der Waals surface area contributed by atoms with Gasteiger partial charge in [0.05, 0.1) is 17.2 Å². The van der Waals surface area contributed by atoms with Crippen molar-refractivity contribution in [2.45, 2.75) is 97.4 Å². The Morgan fingerprint density at radius 2 is 1.39 bits per heavy atom. The Kier molecular flexibility index (Phi) is 8.55. The average molecular weight is 752 g/mol. The number of benzene rings is 5. The van der Waals surface area contributed by atoms with Gasteiger partial charge in [0.15, 0.2) is 0 Å². The summed E-state index contributed by atoms with van der Waals surface area (Å²) in [5.74, 6) is 2.32. The van der Waals surface area contributed by atoms with Gasteiger partial charge in [0.2, 0.25) is 5.90 Å². The van der Waals surface area contributed by atoms with Gasteiger partial charge in [0.25, 0.3) is 0 Å². The van der Waals surface area contributed by atoms with E-state index in [1.54, 1.807) is 0 Å². The van der Waals surface area contributed by atoms with E-state index in [0.29, 0.717) is 12.5 Å². The van der Waals surface area contributed by atoms with Crippen LogP contribution in [0.15, 0.2) is 120 Å². The fourth-order valence-electron chi connectivity index (χ4n) is 8.90. The van der Waals surface area contributed by atoms with Crippen LogP contribution < -0.4 is 4.74 Å². The number of hydrogen-bond donors (Lipinski definition) is 0. The third-order valence-electron chi connectivity index (χ3n) is 12.2. The third-order valence-corrected chi connectivity index (χ3v) is 12.2. The van der Waals surface area contributed by atoms with E-state index in [1.807, 2.05) is 6.20 Å². The number of pyridine rings is 1. The summed E-state index contributed by atoms with van der Waals surface area (Å²) in [5, 5.41) is 2.44. The predicted octanol–water partition coefficient (Wildman–Crippen LogP) is 12.8. The van der Waals surface area contributed by atoms with Crippen LogP contribution in [0.1, 0.15) is 111 Å². The highest BCUT2D eigenvalue weighted by Gasteiger charge is 2.38. The SMILES string of the molecule is Cc1cnc2c(c1)c1cc(C(C)(C)C)cc3c1n2-c1cc(Oc2cc(C4=N[C@H](C(c5ccccc5)c5ccccc5)CO4)cc(C(C)(C)C)c2)c(C)cc1C3(C)C. The van der Waals surface area contributed by atoms with Crippen LogP contribution >= 0.6 is 0 Å². The molecule has 0 fully saturated rings. The molecular weight excluding hydrogens is 699 g/mol. The number of nitrogens with zero attached hydrogens (tertiary/aromatic N) is 3. The molecule has 0 unspecified atom stereocenters. The lowest BCUT2D eigenvalue weighted by Gasteiger charge is -2.36. The van der Waals surface area contributed by atoms with E-state index >= 15 is 0 Å². The Morgan fingerprint density at radius 3 is 2.04 bits per heavy atom. The van der Waals surface area contributed by atoms with Crippen LogP contribution in [0.3, 0.4) is 0 Å². The van der Waals surface area contributed by atoms with Crippen LogP contribution in [0.4, 0.5) is 0 Å². The first-order chi connectivity index (χ1) is 27.1. The Bertz CT molecular complexity index is 2690. The number of aryl methyl sites for hydroxylation is 2. The standard InChI is InChI=1S/C52H53N3O2/c1-31-21-40-39-26-37(51(6,7)8)27-42-47(39)55(48(40)53-29-31)44-28-45(32(2)22-41(44)52(42,9)10)57-38-24-35(23-36(25-38)50(3,4)5)49-54-43(30-56-49)46(33-17-13-11-14-18-33)34-19-15-12-16-20-34/h11-29,43,46H,30H2,1-10H3/t43-/m0/s1. The maximum atomic E-state index is 7.00. The summed E-state index contributed by atoms with van der Waals surface area (Å²) in [6.45, 7) is 23.1. The molecule has 5 aromatic carbocycles. The normalized spacial score (nSPS) is 16.2.